The van der Waals surface area contributed by atoms with Gasteiger partial charge in [-0.1, -0.05) is 73.0 Å². The number of unbranched alkanes of at least 4 members (excludes halogenated alkanes) is 3. The molecule has 1 fully saturated rings. The van der Waals surface area contributed by atoms with E-state index in [0.717, 1.165) is 47.8 Å². The van der Waals surface area contributed by atoms with Gasteiger partial charge in [-0.2, -0.15) is 0 Å². The Balaban J connectivity index is 1.99. The van der Waals surface area contributed by atoms with E-state index < -0.39 is 0 Å². The molecule has 1 saturated heterocycles. The third-order valence-electron chi connectivity index (χ3n) is 4.74. The van der Waals surface area contributed by atoms with Gasteiger partial charge in [-0.3, -0.25) is 14.5 Å². The van der Waals surface area contributed by atoms with Gasteiger partial charge in [-0.25, -0.2) is 0 Å². The van der Waals surface area contributed by atoms with Crippen LogP contribution in [-0.2, 0) is 9.59 Å². The molecule has 0 atom stereocenters. The fourth-order valence-electron chi connectivity index (χ4n) is 3.41. The van der Waals surface area contributed by atoms with Gasteiger partial charge in [0.25, 0.3) is 11.8 Å². The lowest BCUT2D eigenvalue weighted by molar-refractivity contribution is -0.122. The van der Waals surface area contributed by atoms with Crippen molar-refractivity contribution in [1.82, 2.24) is 4.90 Å². The van der Waals surface area contributed by atoms with Crippen LogP contribution < -0.4 is 4.90 Å². The van der Waals surface area contributed by atoms with Gasteiger partial charge in [0.05, 0.1) is 16.2 Å². The molecular weight excluding hydrogens is 444 g/mol. The molecule has 4 nitrogen and oxygen atoms in total. The number of hydrogen-bond donors (Lipinski definition) is 0. The number of thiocarbonyl (C=S) groups is 1. The molecular formula is C20H23BrN2O2S2. The largest absolute Gasteiger partial charge is 0.308 e. The minimum Gasteiger partial charge on any atom is -0.308 e. The summed E-state index contributed by atoms with van der Waals surface area (Å²) in [7, 11) is 0. The molecule has 0 bridgehead atoms. The molecule has 0 saturated carbocycles. The van der Waals surface area contributed by atoms with Crippen LogP contribution in [0.4, 0.5) is 5.69 Å². The predicted molar refractivity (Wildman–Crippen MR) is 120 cm³/mol. The normalized spacial score (nSPS) is 19.4. The van der Waals surface area contributed by atoms with Crippen molar-refractivity contribution in [2.24, 2.45) is 0 Å². The van der Waals surface area contributed by atoms with Crippen LogP contribution in [-0.4, -0.2) is 34.1 Å². The average Bonchev–Trinajstić information content (AvgIpc) is 3.06. The van der Waals surface area contributed by atoms with Crippen LogP contribution in [0, 0.1) is 0 Å². The molecule has 27 heavy (non-hydrogen) atoms. The third kappa shape index (κ3) is 4.00. The topological polar surface area (TPSA) is 40.6 Å². The number of carbonyl (C=O) groups excluding carboxylic acids is 2. The molecule has 1 aromatic carbocycles. The first-order chi connectivity index (χ1) is 13.0. The standard InChI is InChI=1S/C20H23BrN2O2S2/c1-3-5-6-7-11-22-15-9-8-13(21)12-14(15)16(18(22)24)17-19(25)23(10-4-2)20(26)27-17/h8-9,12H,3-7,10-11H2,1-2H3/b17-16-. The van der Waals surface area contributed by atoms with Crippen LogP contribution in [0.2, 0.25) is 0 Å². The molecule has 0 aliphatic carbocycles. The van der Waals surface area contributed by atoms with Crippen molar-refractivity contribution in [2.75, 3.05) is 18.0 Å². The molecule has 0 spiro atoms. The number of rotatable bonds is 7. The summed E-state index contributed by atoms with van der Waals surface area (Å²) in [5.74, 6) is -0.231. The van der Waals surface area contributed by atoms with Gasteiger partial charge in [-0.15, -0.1) is 0 Å². The lowest BCUT2D eigenvalue weighted by Gasteiger charge is -2.17. The quantitative estimate of drug-likeness (QED) is 0.308. The number of carbonyl (C=O) groups is 2. The van der Waals surface area contributed by atoms with Crippen LogP contribution in [0.1, 0.15) is 51.5 Å². The molecule has 3 rings (SSSR count). The van der Waals surface area contributed by atoms with Crippen LogP contribution in [0.5, 0.6) is 0 Å². The SMILES string of the molecule is CCCCCCN1C(=O)/C(=C2\SC(=S)N(CCC)C2=O)c2cc(Br)ccc21. The molecule has 0 unspecified atom stereocenters. The van der Waals surface area contributed by atoms with E-state index in [4.69, 9.17) is 12.2 Å². The first-order valence-corrected chi connectivity index (χ1v) is 11.4. The van der Waals surface area contributed by atoms with Crippen molar-refractivity contribution >= 4 is 67.3 Å². The van der Waals surface area contributed by atoms with Crippen LogP contribution in [0.15, 0.2) is 27.6 Å². The monoisotopic (exact) mass is 466 g/mol. The fraction of sp³-hybridized carbons (Fsp3) is 0.450. The highest BCUT2D eigenvalue weighted by Gasteiger charge is 2.41. The fourth-order valence-corrected chi connectivity index (χ4v) is 5.15. The van der Waals surface area contributed by atoms with Crippen molar-refractivity contribution < 1.29 is 9.59 Å². The number of halogens is 1. The summed E-state index contributed by atoms with van der Waals surface area (Å²) < 4.78 is 1.43. The van der Waals surface area contributed by atoms with Crippen molar-refractivity contribution in [3.05, 3.63) is 33.1 Å². The number of benzene rings is 1. The molecule has 2 heterocycles. The Morgan fingerprint density at radius 1 is 1.00 bits per heavy atom. The smallest absolute Gasteiger partial charge is 0.267 e. The number of thioether (sulfide) groups is 1. The Bertz CT molecular complexity index is 822. The molecule has 2 aliphatic rings. The van der Waals surface area contributed by atoms with Crippen LogP contribution in [0.25, 0.3) is 5.57 Å². The highest BCUT2D eigenvalue weighted by Crippen LogP contribution is 2.45. The van der Waals surface area contributed by atoms with E-state index in [1.807, 2.05) is 30.0 Å². The van der Waals surface area contributed by atoms with E-state index in [1.165, 1.54) is 11.8 Å². The maximum Gasteiger partial charge on any atom is 0.267 e. The number of amides is 2. The first-order valence-electron chi connectivity index (χ1n) is 9.39. The second kappa shape index (κ2) is 8.88. The number of fused-ring (bicyclic) bond motifs is 1. The molecule has 144 valence electrons. The molecule has 1 aromatic rings. The van der Waals surface area contributed by atoms with Crippen molar-refractivity contribution in [1.29, 1.82) is 0 Å². The molecule has 2 amide bonds. The minimum atomic E-state index is -0.144. The minimum absolute atomic E-state index is 0.0865. The number of hydrogen-bond acceptors (Lipinski definition) is 4. The maximum absolute atomic E-state index is 13.3. The Labute approximate surface area is 178 Å². The lowest BCUT2D eigenvalue weighted by atomic mass is 10.1. The van der Waals surface area contributed by atoms with Gasteiger partial charge in [0.1, 0.15) is 4.32 Å². The van der Waals surface area contributed by atoms with E-state index >= 15 is 0 Å². The summed E-state index contributed by atoms with van der Waals surface area (Å²) in [6.07, 6.45) is 5.20. The van der Waals surface area contributed by atoms with E-state index in [-0.39, 0.29) is 11.8 Å². The predicted octanol–water partition coefficient (Wildman–Crippen LogP) is 5.36. The molecule has 7 heteroatoms. The first kappa shape index (κ1) is 20.6. The van der Waals surface area contributed by atoms with Crippen LogP contribution >= 0.6 is 39.9 Å². The lowest BCUT2D eigenvalue weighted by Crippen LogP contribution is -2.30. The second-order valence-corrected chi connectivity index (χ2v) is 9.27. The van der Waals surface area contributed by atoms with E-state index in [1.54, 1.807) is 4.90 Å². The highest BCUT2D eigenvalue weighted by molar-refractivity contribution is 9.10. The summed E-state index contributed by atoms with van der Waals surface area (Å²) in [5, 5.41) is 0. The Hall–Kier alpha value is -1.18. The zero-order valence-corrected chi connectivity index (χ0v) is 18.8. The maximum atomic E-state index is 13.3. The molecule has 2 aliphatic heterocycles. The average molecular weight is 467 g/mol. The van der Waals surface area contributed by atoms with Crippen LogP contribution in [0.3, 0.4) is 0 Å². The zero-order chi connectivity index (χ0) is 19.6. The molecule has 0 aromatic heterocycles. The third-order valence-corrected chi connectivity index (χ3v) is 6.68. The van der Waals surface area contributed by atoms with Gasteiger partial charge in [0, 0.05) is 23.1 Å². The van der Waals surface area contributed by atoms with E-state index in [0.29, 0.717) is 27.9 Å². The Morgan fingerprint density at radius 2 is 1.78 bits per heavy atom. The Morgan fingerprint density at radius 3 is 2.48 bits per heavy atom. The Kier molecular flexibility index (Phi) is 6.76. The molecule has 0 N–H and O–H groups in total. The number of anilines is 1. The summed E-state index contributed by atoms with van der Waals surface area (Å²) >= 11 is 10.1. The van der Waals surface area contributed by atoms with E-state index in [2.05, 4.69) is 22.9 Å². The van der Waals surface area contributed by atoms with E-state index in [9.17, 15) is 9.59 Å². The summed E-state index contributed by atoms with van der Waals surface area (Å²) in [6, 6.07) is 5.83. The van der Waals surface area contributed by atoms with Crippen molar-refractivity contribution in [3.8, 4) is 0 Å². The van der Waals surface area contributed by atoms with Gasteiger partial charge in [-0.05, 0) is 31.0 Å². The second-order valence-electron chi connectivity index (χ2n) is 6.71. The summed E-state index contributed by atoms with van der Waals surface area (Å²) in [5.41, 5.74) is 2.20. The number of nitrogens with zero attached hydrogens (tertiary/aromatic N) is 2. The summed E-state index contributed by atoms with van der Waals surface area (Å²) in [6.45, 7) is 5.44. The van der Waals surface area contributed by atoms with Gasteiger partial charge < -0.3 is 4.90 Å². The molecule has 0 radical (unpaired) electrons. The van der Waals surface area contributed by atoms with Gasteiger partial charge >= 0.3 is 0 Å². The van der Waals surface area contributed by atoms with Gasteiger partial charge in [0.2, 0.25) is 0 Å². The van der Waals surface area contributed by atoms with Gasteiger partial charge in [0.15, 0.2) is 0 Å². The highest BCUT2D eigenvalue weighted by atomic mass is 79.9. The zero-order valence-electron chi connectivity index (χ0n) is 15.6. The summed E-state index contributed by atoms with van der Waals surface area (Å²) in [4.78, 5) is 30.1. The van der Waals surface area contributed by atoms with Crippen molar-refractivity contribution in [3.63, 3.8) is 0 Å². The van der Waals surface area contributed by atoms with Crippen molar-refractivity contribution in [2.45, 2.75) is 46.0 Å².